The Bertz CT molecular complexity index is 205. The van der Waals surface area contributed by atoms with Gasteiger partial charge in [0.2, 0.25) is 5.91 Å². The molecule has 1 amide bonds. The van der Waals surface area contributed by atoms with E-state index < -0.39 is 5.97 Å². The number of ether oxygens (including phenoxy) is 1. The maximum atomic E-state index is 10.7. The lowest BCUT2D eigenvalue weighted by Crippen LogP contribution is -2.30. The fourth-order valence-electron chi connectivity index (χ4n) is 0.538. The first-order valence-electron chi connectivity index (χ1n) is 3.56. The largest absolute Gasteiger partial charge is 0.465 e. The summed E-state index contributed by atoms with van der Waals surface area (Å²) in [6.45, 7) is 1.89. The third-order valence-corrected chi connectivity index (χ3v) is 0.998. The topological polar surface area (TPSA) is 55.4 Å². The summed E-state index contributed by atoms with van der Waals surface area (Å²) in [4.78, 5) is 21.4. The molecule has 0 fully saturated rings. The number of amides is 1. The van der Waals surface area contributed by atoms with Gasteiger partial charge in [-0.2, -0.15) is 0 Å². The summed E-state index contributed by atoms with van der Waals surface area (Å²) < 4.78 is 4.57. The summed E-state index contributed by atoms with van der Waals surface area (Å²) in [6.07, 6.45) is 4.85. The summed E-state index contributed by atoms with van der Waals surface area (Å²) in [6, 6.07) is 0. The molecule has 0 heterocycles. The lowest BCUT2D eigenvalue weighted by atomic mass is 10.4. The molecule has 0 radical (unpaired) electrons. The van der Waals surface area contributed by atoms with Gasteiger partial charge in [-0.05, 0) is 6.92 Å². The van der Waals surface area contributed by atoms with Gasteiger partial charge in [0.05, 0.1) is 13.0 Å². The minimum absolute atomic E-state index is 0.0145. The van der Waals surface area contributed by atoms with E-state index in [0.29, 0.717) is 6.61 Å². The van der Waals surface area contributed by atoms with Crippen LogP contribution in [0.2, 0.25) is 0 Å². The molecule has 0 aliphatic carbocycles. The fourth-order valence-corrected chi connectivity index (χ4v) is 0.538. The predicted octanol–water partition coefficient (Wildman–Crippen LogP) is -0.311. The quantitative estimate of drug-likeness (QED) is 0.464. The van der Waals surface area contributed by atoms with E-state index in [1.807, 2.05) is 0 Å². The summed E-state index contributed by atoms with van der Waals surface area (Å²) >= 11 is 0. The van der Waals surface area contributed by atoms with Crippen LogP contribution in [0.25, 0.3) is 0 Å². The van der Waals surface area contributed by atoms with Crippen molar-refractivity contribution in [1.82, 2.24) is 5.32 Å². The van der Waals surface area contributed by atoms with Gasteiger partial charge in [-0.1, -0.05) is 5.92 Å². The first-order chi connectivity index (χ1) is 5.70. The summed E-state index contributed by atoms with van der Waals surface area (Å²) in [5.74, 6) is 1.36. The van der Waals surface area contributed by atoms with Gasteiger partial charge < -0.3 is 10.1 Å². The Kier molecular flexibility index (Phi) is 5.45. The number of carbonyl (C=O) groups excluding carboxylic acids is 2. The Morgan fingerprint density at radius 1 is 1.58 bits per heavy atom. The highest BCUT2D eigenvalue weighted by Gasteiger charge is 2.03. The standard InChI is InChI=1S/C8H11NO3/c1-3-5-7(10)9-6-8(11)12-4-2/h1H,4-6H2,2H3,(H,9,10). The summed E-state index contributed by atoms with van der Waals surface area (Å²) in [7, 11) is 0. The average molecular weight is 169 g/mol. The van der Waals surface area contributed by atoms with Crippen LogP contribution in [0.4, 0.5) is 0 Å². The molecule has 0 saturated heterocycles. The van der Waals surface area contributed by atoms with Crippen LogP contribution in [0.15, 0.2) is 0 Å². The van der Waals surface area contributed by atoms with E-state index in [2.05, 4.69) is 16.0 Å². The molecule has 0 aliphatic heterocycles. The highest BCUT2D eigenvalue weighted by Crippen LogP contribution is 1.78. The second kappa shape index (κ2) is 6.23. The van der Waals surface area contributed by atoms with Crippen LogP contribution < -0.4 is 5.32 Å². The Balaban J connectivity index is 3.48. The van der Waals surface area contributed by atoms with Crippen molar-refractivity contribution in [3.8, 4) is 12.3 Å². The van der Waals surface area contributed by atoms with Crippen molar-refractivity contribution in [2.45, 2.75) is 13.3 Å². The number of rotatable bonds is 4. The molecule has 0 atom stereocenters. The van der Waals surface area contributed by atoms with E-state index in [-0.39, 0.29) is 18.9 Å². The van der Waals surface area contributed by atoms with Crippen molar-refractivity contribution in [3.63, 3.8) is 0 Å². The molecule has 0 aromatic heterocycles. The van der Waals surface area contributed by atoms with E-state index >= 15 is 0 Å². The summed E-state index contributed by atoms with van der Waals surface area (Å²) in [5, 5.41) is 2.31. The highest BCUT2D eigenvalue weighted by molar-refractivity contribution is 5.83. The molecule has 0 saturated carbocycles. The fraction of sp³-hybridized carbons (Fsp3) is 0.500. The number of hydrogen-bond acceptors (Lipinski definition) is 3. The van der Waals surface area contributed by atoms with Gasteiger partial charge in [-0.3, -0.25) is 9.59 Å². The van der Waals surface area contributed by atoms with E-state index in [0.717, 1.165) is 0 Å². The van der Waals surface area contributed by atoms with Crippen LogP contribution in [-0.4, -0.2) is 25.0 Å². The van der Waals surface area contributed by atoms with Gasteiger partial charge in [0.1, 0.15) is 6.54 Å². The monoisotopic (exact) mass is 169 g/mol. The molecule has 0 rings (SSSR count). The molecule has 0 unspecified atom stereocenters. The molecule has 0 aromatic rings. The van der Waals surface area contributed by atoms with Gasteiger partial charge in [0.25, 0.3) is 0 Å². The summed E-state index contributed by atoms with van der Waals surface area (Å²) in [5.41, 5.74) is 0. The minimum Gasteiger partial charge on any atom is -0.465 e. The van der Waals surface area contributed by atoms with Gasteiger partial charge in [-0.25, -0.2) is 0 Å². The van der Waals surface area contributed by atoms with Crippen molar-refractivity contribution in [2.75, 3.05) is 13.2 Å². The molecule has 66 valence electrons. The first-order valence-corrected chi connectivity index (χ1v) is 3.56. The first kappa shape index (κ1) is 10.5. The maximum Gasteiger partial charge on any atom is 0.325 e. The van der Waals surface area contributed by atoms with Gasteiger partial charge in [-0.15, -0.1) is 6.42 Å². The third kappa shape index (κ3) is 5.30. The van der Waals surface area contributed by atoms with Crippen molar-refractivity contribution in [1.29, 1.82) is 0 Å². The normalized spacial score (nSPS) is 8.33. The average Bonchev–Trinajstić information content (AvgIpc) is 2.02. The Morgan fingerprint density at radius 3 is 2.75 bits per heavy atom. The van der Waals surface area contributed by atoms with Crippen molar-refractivity contribution in [2.24, 2.45) is 0 Å². The van der Waals surface area contributed by atoms with Crippen LogP contribution in [0.5, 0.6) is 0 Å². The molecule has 4 heteroatoms. The number of carbonyl (C=O) groups is 2. The van der Waals surface area contributed by atoms with Crippen molar-refractivity contribution in [3.05, 3.63) is 0 Å². The Hall–Kier alpha value is -1.50. The van der Waals surface area contributed by atoms with Crippen molar-refractivity contribution < 1.29 is 14.3 Å². The zero-order valence-corrected chi connectivity index (χ0v) is 6.92. The molecule has 1 N–H and O–H groups in total. The van der Waals surface area contributed by atoms with Crippen LogP contribution in [0.3, 0.4) is 0 Å². The van der Waals surface area contributed by atoms with E-state index in [1.165, 1.54) is 0 Å². The molecule has 0 bridgehead atoms. The van der Waals surface area contributed by atoms with Gasteiger partial charge in [0, 0.05) is 0 Å². The van der Waals surface area contributed by atoms with E-state index in [4.69, 9.17) is 6.42 Å². The van der Waals surface area contributed by atoms with Gasteiger partial charge >= 0.3 is 5.97 Å². The molecule has 0 spiro atoms. The second-order valence-electron chi connectivity index (χ2n) is 1.96. The molecular weight excluding hydrogens is 158 g/mol. The number of esters is 1. The zero-order valence-electron chi connectivity index (χ0n) is 6.92. The molecule has 0 aromatic carbocycles. The number of terminal acetylenes is 1. The zero-order chi connectivity index (χ0) is 9.40. The van der Waals surface area contributed by atoms with E-state index in [1.54, 1.807) is 6.92 Å². The van der Waals surface area contributed by atoms with Crippen LogP contribution in [-0.2, 0) is 14.3 Å². The lowest BCUT2D eigenvalue weighted by Gasteiger charge is -2.01. The molecule has 0 aliphatic rings. The lowest BCUT2D eigenvalue weighted by molar-refractivity contribution is -0.143. The maximum absolute atomic E-state index is 10.7. The Morgan fingerprint density at radius 2 is 2.25 bits per heavy atom. The molecule has 12 heavy (non-hydrogen) atoms. The van der Waals surface area contributed by atoms with Crippen LogP contribution in [0, 0.1) is 12.3 Å². The van der Waals surface area contributed by atoms with Crippen molar-refractivity contribution >= 4 is 11.9 Å². The van der Waals surface area contributed by atoms with Crippen LogP contribution in [0.1, 0.15) is 13.3 Å². The third-order valence-electron chi connectivity index (χ3n) is 0.998. The minimum atomic E-state index is -0.456. The SMILES string of the molecule is C#CCC(=O)NCC(=O)OCC. The van der Waals surface area contributed by atoms with Crippen LogP contribution >= 0.6 is 0 Å². The highest BCUT2D eigenvalue weighted by atomic mass is 16.5. The number of hydrogen-bond donors (Lipinski definition) is 1. The Labute approximate surface area is 71.3 Å². The number of nitrogens with one attached hydrogen (secondary N) is 1. The molecular formula is C8H11NO3. The van der Waals surface area contributed by atoms with E-state index in [9.17, 15) is 9.59 Å². The molecule has 4 nitrogen and oxygen atoms in total. The van der Waals surface area contributed by atoms with Gasteiger partial charge in [0.15, 0.2) is 0 Å². The predicted molar refractivity (Wildman–Crippen MR) is 43.1 cm³/mol. The smallest absolute Gasteiger partial charge is 0.325 e. The second-order valence-corrected chi connectivity index (χ2v) is 1.96.